The second kappa shape index (κ2) is 8.20. The molecule has 0 fully saturated rings. The molecule has 5 nitrogen and oxygen atoms in total. The number of aldehydes is 1. The van der Waals surface area contributed by atoms with Crippen molar-refractivity contribution in [1.29, 1.82) is 5.26 Å². The molecule has 0 saturated carbocycles. The molecule has 0 bridgehead atoms. The van der Waals surface area contributed by atoms with Gasteiger partial charge in [0.15, 0.2) is 6.29 Å². The lowest BCUT2D eigenvalue weighted by atomic mass is 10.2. The summed E-state index contributed by atoms with van der Waals surface area (Å²) in [6, 6.07) is 9.73. The molecule has 23 heavy (non-hydrogen) atoms. The van der Waals surface area contributed by atoms with Crippen LogP contribution in [-0.2, 0) is 14.3 Å². The van der Waals surface area contributed by atoms with Gasteiger partial charge in [0.1, 0.15) is 16.7 Å². The van der Waals surface area contributed by atoms with Crippen LogP contribution < -0.4 is 4.90 Å². The molecule has 0 spiro atoms. The molecule has 0 amide bonds. The zero-order valence-electron chi connectivity index (χ0n) is 12.5. The van der Waals surface area contributed by atoms with Crippen molar-refractivity contribution in [2.24, 2.45) is 0 Å². The molecule has 118 valence electrons. The first kappa shape index (κ1) is 16.8. The molecule has 1 aromatic rings. The Hall–Kier alpha value is -2.52. The molecule has 0 radical (unpaired) electrons. The summed E-state index contributed by atoms with van der Waals surface area (Å²) in [7, 11) is 0. The zero-order chi connectivity index (χ0) is 16.7. The quantitative estimate of drug-likeness (QED) is 0.252. The summed E-state index contributed by atoms with van der Waals surface area (Å²) in [5.74, 6) is -0.430. The van der Waals surface area contributed by atoms with Crippen molar-refractivity contribution in [3.63, 3.8) is 0 Å². The highest BCUT2D eigenvalue weighted by Gasteiger charge is 2.27. The standard InChI is InChI=1S/C17H16N2O3S/c1-2-16(21)22-10-6-5-9-19-14-7-3-4-8-15(14)23-17(19)13(11-18)12-20/h2-4,7-8,12H,1,5-6,9-10H2/b17-13-. The lowest BCUT2D eigenvalue weighted by molar-refractivity contribution is -0.137. The third-order valence-electron chi connectivity index (χ3n) is 3.26. The van der Waals surface area contributed by atoms with Gasteiger partial charge in [-0.15, -0.1) is 0 Å². The van der Waals surface area contributed by atoms with Gasteiger partial charge in [0, 0.05) is 17.5 Å². The van der Waals surface area contributed by atoms with Gasteiger partial charge < -0.3 is 9.64 Å². The molecule has 1 aliphatic heterocycles. The van der Waals surface area contributed by atoms with Crippen molar-refractivity contribution in [2.75, 3.05) is 18.1 Å². The third-order valence-corrected chi connectivity index (χ3v) is 4.46. The molecule has 0 aromatic heterocycles. The largest absolute Gasteiger partial charge is 0.463 e. The molecule has 1 aromatic carbocycles. The number of rotatable bonds is 7. The number of unbranched alkanes of at least 4 members (excludes halogenated alkanes) is 1. The average Bonchev–Trinajstić information content (AvgIpc) is 2.94. The van der Waals surface area contributed by atoms with Gasteiger partial charge in [-0.2, -0.15) is 5.26 Å². The Morgan fingerprint density at radius 3 is 2.87 bits per heavy atom. The van der Waals surface area contributed by atoms with Gasteiger partial charge in [0.05, 0.1) is 12.3 Å². The predicted molar refractivity (Wildman–Crippen MR) is 88.7 cm³/mol. The molecular formula is C17H16N2O3S. The molecule has 0 N–H and O–H groups in total. The monoisotopic (exact) mass is 328 g/mol. The molecule has 6 heteroatoms. The Balaban J connectivity index is 2.05. The normalized spacial score (nSPS) is 14.7. The number of thioether (sulfide) groups is 1. The van der Waals surface area contributed by atoms with E-state index in [1.54, 1.807) is 0 Å². The Labute approximate surface area is 139 Å². The molecule has 1 aliphatic rings. The smallest absolute Gasteiger partial charge is 0.330 e. The van der Waals surface area contributed by atoms with Gasteiger partial charge >= 0.3 is 5.97 Å². The molecule has 0 aliphatic carbocycles. The van der Waals surface area contributed by atoms with Gasteiger partial charge in [0.25, 0.3) is 0 Å². The number of para-hydroxylation sites is 1. The molecular weight excluding hydrogens is 312 g/mol. The Bertz CT molecular complexity index is 691. The van der Waals surface area contributed by atoms with Crippen molar-refractivity contribution in [3.8, 4) is 6.07 Å². The van der Waals surface area contributed by atoms with Crippen LogP contribution in [0.2, 0.25) is 0 Å². The van der Waals surface area contributed by atoms with E-state index in [0.717, 1.165) is 23.1 Å². The minimum atomic E-state index is -0.430. The van der Waals surface area contributed by atoms with Gasteiger partial charge in [-0.3, -0.25) is 4.79 Å². The highest BCUT2D eigenvalue weighted by Crippen LogP contribution is 2.46. The SMILES string of the molecule is C=CC(=O)OCCCCN1/C(=C(\C#N)C=O)Sc2ccccc21. The minimum absolute atomic E-state index is 0.129. The second-order valence-corrected chi connectivity index (χ2v) is 5.78. The fourth-order valence-corrected chi connectivity index (χ4v) is 3.33. The molecule has 0 atom stereocenters. The zero-order valence-corrected chi connectivity index (χ0v) is 13.3. The summed E-state index contributed by atoms with van der Waals surface area (Å²) in [5, 5.41) is 9.79. The van der Waals surface area contributed by atoms with E-state index in [1.807, 2.05) is 35.2 Å². The number of hydrogen-bond acceptors (Lipinski definition) is 6. The van der Waals surface area contributed by atoms with E-state index < -0.39 is 5.97 Å². The summed E-state index contributed by atoms with van der Waals surface area (Å²) in [4.78, 5) is 25.1. The Morgan fingerprint density at radius 2 is 2.17 bits per heavy atom. The summed E-state index contributed by atoms with van der Waals surface area (Å²) in [5.41, 5.74) is 1.12. The van der Waals surface area contributed by atoms with Gasteiger partial charge in [0.2, 0.25) is 0 Å². The minimum Gasteiger partial charge on any atom is -0.463 e. The average molecular weight is 328 g/mol. The highest BCUT2D eigenvalue weighted by molar-refractivity contribution is 8.03. The summed E-state index contributed by atoms with van der Waals surface area (Å²) in [6.45, 7) is 4.31. The van der Waals surface area contributed by atoms with E-state index in [0.29, 0.717) is 30.9 Å². The molecule has 0 saturated heterocycles. The highest BCUT2D eigenvalue weighted by atomic mass is 32.2. The molecule has 0 unspecified atom stereocenters. The number of allylic oxidation sites excluding steroid dienone is 1. The van der Waals surface area contributed by atoms with E-state index in [2.05, 4.69) is 6.58 Å². The van der Waals surface area contributed by atoms with E-state index in [1.165, 1.54) is 11.8 Å². The summed E-state index contributed by atoms with van der Waals surface area (Å²) < 4.78 is 4.94. The number of anilines is 1. The Kier molecular flexibility index (Phi) is 6.01. The summed E-state index contributed by atoms with van der Waals surface area (Å²) >= 11 is 1.43. The number of carbonyl (C=O) groups is 2. The second-order valence-electron chi connectivity index (χ2n) is 4.75. The van der Waals surface area contributed by atoms with Crippen molar-refractivity contribution < 1.29 is 14.3 Å². The topological polar surface area (TPSA) is 70.4 Å². The van der Waals surface area contributed by atoms with Crippen molar-refractivity contribution >= 4 is 29.7 Å². The van der Waals surface area contributed by atoms with Crippen LogP contribution >= 0.6 is 11.8 Å². The predicted octanol–water partition coefficient (Wildman–Crippen LogP) is 3.04. The van der Waals surface area contributed by atoms with E-state index >= 15 is 0 Å². The third kappa shape index (κ3) is 4.02. The van der Waals surface area contributed by atoms with Crippen LogP contribution in [0.5, 0.6) is 0 Å². The molecule has 2 rings (SSSR count). The first-order valence-electron chi connectivity index (χ1n) is 7.14. The maximum Gasteiger partial charge on any atom is 0.330 e. The number of nitrogens with zero attached hydrogens (tertiary/aromatic N) is 2. The maximum absolute atomic E-state index is 11.1. The van der Waals surface area contributed by atoms with Crippen LogP contribution in [0.25, 0.3) is 0 Å². The number of esters is 1. The number of hydrogen-bond donors (Lipinski definition) is 0. The summed E-state index contributed by atoms with van der Waals surface area (Å²) in [6.07, 6.45) is 3.18. The number of fused-ring (bicyclic) bond motifs is 1. The van der Waals surface area contributed by atoms with E-state index in [-0.39, 0.29) is 5.57 Å². The first-order chi connectivity index (χ1) is 11.2. The van der Waals surface area contributed by atoms with Crippen molar-refractivity contribution in [1.82, 2.24) is 0 Å². The lowest BCUT2D eigenvalue weighted by Gasteiger charge is -2.20. The number of carbonyl (C=O) groups excluding carboxylic acids is 2. The van der Waals surface area contributed by atoms with Gasteiger partial charge in [-0.1, -0.05) is 30.5 Å². The van der Waals surface area contributed by atoms with Crippen molar-refractivity contribution in [2.45, 2.75) is 17.7 Å². The van der Waals surface area contributed by atoms with Crippen molar-refractivity contribution in [3.05, 3.63) is 47.5 Å². The fraction of sp³-hybridized carbons (Fsp3) is 0.235. The van der Waals surface area contributed by atoms with E-state index in [4.69, 9.17) is 10.00 Å². The van der Waals surface area contributed by atoms with E-state index in [9.17, 15) is 9.59 Å². The van der Waals surface area contributed by atoms with Gasteiger partial charge in [-0.05, 0) is 25.0 Å². The molecule has 1 heterocycles. The van der Waals surface area contributed by atoms with Crippen LogP contribution in [-0.4, -0.2) is 25.4 Å². The van der Waals surface area contributed by atoms with Crippen LogP contribution in [0.3, 0.4) is 0 Å². The Morgan fingerprint density at radius 1 is 1.39 bits per heavy atom. The number of nitriles is 1. The van der Waals surface area contributed by atoms with Crippen LogP contribution in [0.1, 0.15) is 12.8 Å². The maximum atomic E-state index is 11.1. The fourth-order valence-electron chi connectivity index (χ4n) is 2.19. The van der Waals surface area contributed by atoms with Crippen LogP contribution in [0.4, 0.5) is 5.69 Å². The lowest BCUT2D eigenvalue weighted by Crippen LogP contribution is -2.21. The first-order valence-corrected chi connectivity index (χ1v) is 7.96. The number of ether oxygens (including phenoxy) is 1. The van der Waals surface area contributed by atoms with Crippen LogP contribution in [0, 0.1) is 11.3 Å². The number of benzene rings is 1. The van der Waals surface area contributed by atoms with Gasteiger partial charge in [-0.25, -0.2) is 4.79 Å². The van der Waals surface area contributed by atoms with Crippen LogP contribution in [0.15, 0.2) is 52.4 Å².